The van der Waals surface area contributed by atoms with Crippen molar-refractivity contribution in [2.24, 2.45) is 7.05 Å². The Balaban J connectivity index is 1.01. The van der Waals surface area contributed by atoms with Gasteiger partial charge in [-0.15, -0.1) is 0 Å². The van der Waals surface area contributed by atoms with Crippen molar-refractivity contribution in [3.8, 4) is 22.6 Å². The van der Waals surface area contributed by atoms with Gasteiger partial charge in [0.2, 0.25) is 17.7 Å². The molecular weight excluding hydrogens is 716 g/mol. The van der Waals surface area contributed by atoms with Gasteiger partial charge >= 0.3 is 0 Å². The third-order valence-electron chi connectivity index (χ3n) is 10.3. The van der Waals surface area contributed by atoms with Crippen LogP contribution in [0.1, 0.15) is 88.8 Å². The second-order valence-electron chi connectivity index (χ2n) is 14.3. The number of likely N-dealkylation sites (N-methyl/N-ethyl adjacent to an activating group) is 1. The number of piperidine rings is 1. The van der Waals surface area contributed by atoms with Crippen LogP contribution in [-0.2, 0) is 28.0 Å². The van der Waals surface area contributed by atoms with E-state index in [4.69, 9.17) is 9.47 Å². The topological polar surface area (TPSA) is 168 Å². The van der Waals surface area contributed by atoms with E-state index in [0.29, 0.717) is 42.4 Å². The number of amides is 5. The molecule has 0 radical (unpaired) electrons. The summed E-state index contributed by atoms with van der Waals surface area (Å²) >= 11 is 0. The lowest BCUT2D eigenvalue weighted by Crippen LogP contribution is -2.54. The van der Waals surface area contributed by atoms with Crippen LogP contribution in [0.4, 0.5) is 5.69 Å². The maximum absolute atomic E-state index is 13.3. The second-order valence-corrected chi connectivity index (χ2v) is 14.3. The molecule has 14 heteroatoms. The Labute approximate surface area is 327 Å². The maximum atomic E-state index is 13.3. The first kappa shape index (κ1) is 41.4. The number of aryl methyl sites for hydroxylation is 1. The summed E-state index contributed by atoms with van der Waals surface area (Å²) < 4.78 is 13.1. The molecule has 2 aliphatic heterocycles. The minimum atomic E-state index is -0.996. The van der Waals surface area contributed by atoms with Crippen molar-refractivity contribution in [2.45, 2.75) is 70.9 Å². The summed E-state index contributed by atoms with van der Waals surface area (Å²) in [5.74, 6) is -0.934. The Morgan fingerprint density at radius 3 is 2.27 bits per heavy atom. The van der Waals surface area contributed by atoms with E-state index >= 15 is 0 Å². The molecule has 14 nitrogen and oxygen atoms in total. The van der Waals surface area contributed by atoms with Gasteiger partial charge in [0.15, 0.2) is 0 Å². The highest BCUT2D eigenvalue weighted by Crippen LogP contribution is 2.38. The first-order chi connectivity index (χ1) is 26.9. The van der Waals surface area contributed by atoms with Crippen molar-refractivity contribution in [1.82, 2.24) is 25.0 Å². The highest BCUT2D eigenvalue weighted by Gasteiger charge is 2.45. The first-order valence-corrected chi connectivity index (χ1v) is 19.0. The summed E-state index contributed by atoms with van der Waals surface area (Å²) in [5.41, 5.74) is 4.81. The summed E-state index contributed by atoms with van der Waals surface area (Å²) in [5, 5.41) is 8.53. The SMILES string of the molecule is C=Cc1c(-c2cc(OC)c(CN(C)CC(=O)NCCCCCCCCNc3cccc4c3C(=O)N(C3CCC(=O)NC3=O)C4=O)c(OC)c2)cn(C)c(=O)c1C. The molecule has 1 unspecified atom stereocenters. The van der Waals surface area contributed by atoms with Gasteiger partial charge in [0.05, 0.1) is 37.5 Å². The number of hydrogen-bond acceptors (Lipinski definition) is 10. The molecule has 298 valence electrons. The summed E-state index contributed by atoms with van der Waals surface area (Å²) in [4.78, 5) is 78.5. The second kappa shape index (κ2) is 18.7. The molecule has 1 saturated heterocycles. The van der Waals surface area contributed by atoms with Gasteiger partial charge in [0.25, 0.3) is 17.4 Å². The van der Waals surface area contributed by atoms with E-state index in [9.17, 15) is 28.8 Å². The Bertz CT molecular complexity index is 2050. The smallest absolute Gasteiger partial charge is 0.264 e. The number of carbonyl (C=O) groups excluding carboxylic acids is 5. The third-order valence-corrected chi connectivity index (χ3v) is 10.3. The van der Waals surface area contributed by atoms with E-state index in [0.717, 1.165) is 65.7 Å². The summed E-state index contributed by atoms with van der Waals surface area (Å²) in [6.45, 7) is 7.51. The highest BCUT2D eigenvalue weighted by molar-refractivity contribution is 6.25. The molecular formula is C42H52N6O8. The number of ether oxygens (including phenoxy) is 2. The van der Waals surface area contributed by atoms with E-state index in [-0.39, 0.29) is 42.0 Å². The molecule has 1 atom stereocenters. The van der Waals surface area contributed by atoms with Crippen LogP contribution in [0.5, 0.6) is 11.5 Å². The summed E-state index contributed by atoms with van der Waals surface area (Å²) in [6, 6.07) is 7.88. The molecule has 0 saturated carbocycles. The first-order valence-electron chi connectivity index (χ1n) is 19.0. The third kappa shape index (κ3) is 9.19. The average molecular weight is 769 g/mol. The minimum Gasteiger partial charge on any atom is -0.496 e. The fraction of sp³-hybridized carbons (Fsp3) is 0.429. The van der Waals surface area contributed by atoms with Crippen LogP contribution in [0.15, 0.2) is 47.9 Å². The number of rotatable bonds is 19. The Kier molecular flexibility index (Phi) is 13.8. The molecule has 3 heterocycles. The number of unbranched alkanes of at least 4 members (excludes halogenated alkanes) is 5. The number of nitrogens with zero attached hydrogens (tertiary/aromatic N) is 3. The van der Waals surface area contributed by atoms with E-state index in [1.165, 1.54) is 0 Å². The van der Waals surface area contributed by atoms with Gasteiger partial charge in [0.1, 0.15) is 17.5 Å². The largest absolute Gasteiger partial charge is 0.496 e. The normalized spacial score (nSPS) is 15.2. The van der Waals surface area contributed by atoms with Gasteiger partial charge in [0, 0.05) is 56.1 Å². The fourth-order valence-electron chi connectivity index (χ4n) is 7.39. The van der Waals surface area contributed by atoms with E-state index < -0.39 is 29.7 Å². The number of methoxy groups -OCH3 is 2. The number of benzene rings is 2. The zero-order chi connectivity index (χ0) is 40.5. The Morgan fingerprint density at radius 2 is 1.62 bits per heavy atom. The van der Waals surface area contributed by atoms with Crippen molar-refractivity contribution in [3.63, 3.8) is 0 Å². The van der Waals surface area contributed by atoms with Gasteiger partial charge < -0.3 is 24.7 Å². The van der Waals surface area contributed by atoms with E-state index in [2.05, 4.69) is 22.5 Å². The Hall–Kier alpha value is -5.76. The molecule has 1 fully saturated rings. The van der Waals surface area contributed by atoms with Crippen molar-refractivity contribution in [2.75, 3.05) is 46.2 Å². The van der Waals surface area contributed by atoms with E-state index in [1.807, 2.05) is 24.1 Å². The lowest BCUT2D eigenvalue weighted by Gasteiger charge is -2.27. The summed E-state index contributed by atoms with van der Waals surface area (Å²) in [7, 11) is 6.77. The zero-order valence-electron chi connectivity index (χ0n) is 32.9. The van der Waals surface area contributed by atoms with Crippen LogP contribution in [0.3, 0.4) is 0 Å². The molecule has 2 aromatic carbocycles. The van der Waals surface area contributed by atoms with Crippen molar-refractivity contribution < 1.29 is 33.4 Å². The average Bonchev–Trinajstić information content (AvgIpc) is 3.43. The molecule has 56 heavy (non-hydrogen) atoms. The molecule has 0 spiro atoms. The van der Waals surface area contributed by atoms with Crippen molar-refractivity contribution >= 4 is 41.3 Å². The number of pyridine rings is 1. The van der Waals surface area contributed by atoms with Crippen molar-refractivity contribution in [3.05, 3.63) is 81.3 Å². The lowest BCUT2D eigenvalue weighted by atomic mass is 9.96. The highest BCUT2D eigenvalue weighted by atomic mass is 16.5. The number of anilines is 1. The lowest BCUT2D eigenvalue weighted by molar-refractivity contribution is -0.136. The van der Waals surface area contributed by atoms with Crippen LogP contribution in [0.2, 0.25) is 0 Å². The van der Waals surface area contributed by atoms with Crippen molar-refractivity contribution in [1.29, 1.82) is 0 Å². The molecule has 0 aliphatic carbocycles. The molecule has 5 amide bonds. The van der Waals surface area contributed by atoms with Crippen LogP contribution in [0.25, 0.3) is 17.2 Å². The van der Waals surface area contributed by atoms with Gasteiger partial charge in [-0.25, -0.2) is 0 Å². The molecule has 5 rings (SSSR count). The number of fused-ring (bicyclic) bond motifs is 1. The quantitative estimate of drug-likeness (QED) is 0.117. The van der Waals surface area contributed by atoms with E-state index in [1.54, 1.807) is 63.2 Å². The van der Waals surface area contributed by atoms with Crippen LogP contribution in [0, 0.1) is 6.92 Å². The van der Waals surface area contributed by atoms with Gasteiger partial charge in [-0.3, -0.25) is 43.9 Å². The number of aromatic nitrogens is 1. The Morgan fingerprint density at radius 1 is 0.964 bits per heavy atom. The van der Waals surface area contributed by atoms with Crippen LogP contribution < -0.4 is 31.0 Å². The predicted molar refractivity (Wildman–Crippen MR) is 214 cm³/mol. The summed E-state index contributed by atoms with van der Waals surface area (Å²) in [6.07, 6.45) is 9.38. The fourth-order valence-corrected chi connectivity index (χ4v) is 7.39. The molecule has 3 aromatic rings. The number of nitrogens with one attached hydrogen (secondary N) is 3. The minimum absolute atomic E-state index is 0.0720. The van der Waals surface area contributed by atoms with Crippen LogP contribution in [-0.4, -0.2) is 90.8 Å². The molecule has 2 aliphatic rings. The van der Waals surface area contributed by atoms with Gasteiger partial charge in [-0.1, -0.05) is 44.4 Å². The number of imide groups is 2. The van der Waals surface area contributed by atoms with Gasteiger partial charge in [-0.05, 0) is 68.6 Å². The molecule has 0 bridgehead atoms. The standard InChI is InChI=1S/C42H52N6O8/c1-7-28-26(2)40(52)47(4)24-30(28)27-21-34(55-5)31(35(22-27)56-6)23-46(3)25-37(50)44-20-13-11-9-8-10-12-19-43-32-16-14-15-29-38(32)42(54)48(41(29)53)33-17-18-36(49)45-39(33)51/h7,14-16,21-22,24,33,43H,1,8-13,17-20,23,25H2,2-6H3,(H,44,50)(H,45,49,51). The zero-order valence-corrected chi connectivity index (χ0v) is 32.9. The monoisotopic (exact) mass is 768 g/mol. The van der Waals surface area contributed by atoms with Gasteiger partial charge in [-0.2, -0.15) is 0 Å². The molecule has 1 aromatic heterocycles. The molecule has 3 N–H and O–H groups in total. The number of hydrogen-bond donors (Lipinski definition) is 3. The van der Waals surface area contributed by atoms with Crippen LogP contribution >= 0.6 is 0 Å². The maximum Gasteiger partial charge on any atom is 0.264 e. The predicted octanol–water partition coefficient (Wildman–Crippen LogP) is 4.42. The number of carbonyl (C=O) groups is 5.